The molecule has 0 spiro atoms. The van der Waals surface area contributed by atoms with Crippen LogP contribution in [0.3, 0.4) is 0 Å². The van der Waals surface area contributed by atoms with E-state index in [9.17, 15) is 26.8 Å². The van der Waals surface area contributed by atoms with Crippen molar-refractivity contribution in [2.24, 2.45) is 5.92 Å². The van der Waals surface area contributed by atoms with Gasteiger partial charge in [0.1, 0.15) is 17.8 Å². The van der Waals surface area contributed by atoms with Crippen LogP contribution in [0.25, 0.3) is 0 Å². The average Bonchev–Trinajstić information content (AvgIpc) is 3.13. The largest absolute Gasteiger partial charge is 0.378 e. The number of alkyl halides is 2. The number of hydrogen-bond acceptors (Lipinski definition) is 5. The molecule has 0 bridgehead atoms. The summed E-state index contributed by atoms with van der Waals surface area (Å²) in [7, 11) is -4.52. The van der Waals surface area contributed by atoms with Crippen LogP contribution in [-0.2, 0) is 30.3 Å². The number of nitrogens with one attached hydrogen (secondary N) is 1. The van der Waals surface area contributed by atoms with Gasteiger partial charge in [0.15, 0.2) is 0 Å². The van der Waals surface area contributed by atoms with E-state index in [2.05, 4.69) is 4.72 Å². The molecule has 0 aromatic heterocycles. The number of halogens is 3. The molecule has 34 heavy (non-hydrogen) atoms. The Kier molecular flexibility index (Phi) is 8.54. The molecule has 3 rings (SSSR count). The van der Waals surface area contributed by atoms with Crippen LogP contribution in [0.15, 0.2) is 24.3 Å². The molecule has 12 heteroatoms. The van der Waals surface area contributed by atoms with E-state index in [0.717, 1.165) is 12.1 Å². The van der Waals surface area contributed by atoms with E-state index in [-0.39, 0.29) is 29.8 Å². The highest BCUT2D eigenvalue weighted by Crippen LogP contribution is 2.31. The molecule has 2 aliphatic rings. The van der Waals surface area contributed by atoms with E-state index in [1.54, 1.807) is 4.90 Å². The number of morpholine rings is 1. The van der Waals surface area contributed by atoms with Crippen LogP contribution < -0.4 is 4.72 Å². The molecule has 0 aliphatic carbocycles. The number of carbonyl (C=O) groups excluding carboxylic acids is 2. The van der Waals surface area contributed by atoms with Crippen LogP contribution in [-0.4, -0.2) is 80.7 Å². The van der Waals surface area contributed by atoms with E-state index in [0.29, 0.717) is 32.7 Å². The average molecular weight is 522 g/mol. The quantitative estimate of drug-likeness (QED) is 0.537. The maximum absolute atomic E-state index is 14.6. The van der Waals surface area contributed by atoms with E-state index >= 15 is 0 Å². The predicted molar refractivity (Wildman–Crippen MR) is 123 cm³/mol. The summed E-state index contributed by atoms with van der Waals surface area (Å²) in [5, 5.41) is 0.250. The molecule has 1 aromatic carbocycles. The SMILES string of the molecule is CC[C@H](C)[C@@H](C(=O)N1CCOCC1)N1CC[C@H](NS(=O)(=O)CC(F)(F)c2ccc(Cl)cc2)C1=O. The molecule has 2 saturated heterocycles. The number of nitrogens with zero attached hydrogens (tertiary/aromatic N) is 2. The second-order valence-electron chi connectivity index (χ2n) is 8.73. The Balaban J connectivity index is 1.71. The molecule has 190 valence electrons. The molecular weight excluding hydrogens is 492 g/mol. The zero-order chi connectivity index (χ0) is 25.1. The third kappa shape index (κ3) is 6.24. The third-order valence-corrected chi connectivity index (χ3v) is 7.93. The van der Waals surface area contributed by atoms with E-state index in [1.165, 1.54) is 17.0 Å². The number of benzene rings is 1. The smallest absolute Gasteiger partial charge is 0.288 e. The lowest BCUT2D eigenvalue weighted by molar-refractivity contribution is -0.149. The van der Waals surface area contributed by atoms with Crippen molar-refractivity contribution in [2.75, 3.05) is 38.6 Å². The minimum Gasteiger partial charge on any atom is -0.378 e. The maximum atomic E-state index is 14.6. The lowest BCUT2D eigenvalue weighted by atomic mass is 9.96. The molecule has 8 nitrogen and oxygen atoms in total. The molecule has 1 N–H and O–H groups in total. The van der Waals surface area contributed by atoms with Crippen LogP contribution >= 0.6 is 11.6 Å². The van der Waals surface area contributed by atoms with Gasteiger partial charge in [0.2, 0.25) is 21.8 Å². The summed E-state index contributed by atoms with van der Waals surface area (Å²) < 4.78 is 61.8. The molecule has 1 aromatic rings. The summed E-state index contributed by atoms with van der Waals surface area (Å²) in [6, 6.07) is 2.69. The van der Waals surface area contributed by atoms with Gasteiger partial charge >= 0.3 is 0 Å². The summed E-state index contributed by atoms with van der Waals surface area (Å²) >= 11 is 5.72. The topological polar surface area (TPSA) is 96.0 Å². The van der Waals surface area contributed by atoms with Gasteiger partial charge in [0.05, 0.1) is 13.2 Å². The molecule has 0 saturated carbocycles. The van der Waals surface area contributed by atoms with Gasteiger partial charge in [-0.15, -0.1) is 0 Å². The number of sulfonamides is 1. The summed E-state index contributed by atoms with van der Waals surface area (Å²) in [5.41, 5.74) is -0.491. The highest BCUT2D eigenvalue weighted by atomic mass is 35.5. The number of amides is 2. The Morgan fingerprint density at radius 2 is 1.85 bits per heavy atom. The van der Waals surface area contributed by atoms with Gasteiger partial charge < -0.3 is 14.5 Å². The molecule has 2 amide bonds. The lowest BCUT2D eigenvalue weighted by Gasteiger charge is -2.37. The summed E-state index contributed by atoms with van der Waals surface area (Å²) in [5.74, 6) is -6.13. The zero-order valence-electron chi connectivity index (χ0n) is 19.2. The van der Waals surface area contributed by atoms with Crippen molar-refractivity contribution in [1.29, 1.82) is 0 Å². The van der Waals surface area contributed by atoms with Crippen LogP contribution in [0.5, 0.6) is 0 Å². The first kappa shape index (κ1) is 26.8. The van der Waals surface area contributed by atoms with Crippen LogP contribution in [0.1, 0.15) is 32.3 Å². The molecule has 2 heterocycles. The Labute approximate surface area is 203 Å². The second-order valence-corrected chi connectivity index (χ2v) is 10.9. The zero-order valence-corrected chi connectivity index (χ0v) is 20.7. The van der Waals surface area contributed by atoms with Gasteiger partial charge in [0.25, 0.3) is 5.92 Å². The standard InChI is InChI=1S/C22H30ClF2N3O5S/c1-3-15(2)19(21(30)27-10-12-33-13-11-27)28-9-8-18(20(28)29)26-34(31,32)14-22(24,25)16-4-6-17(23)7-5-16/h4-7,15,18-19,26H,3,8-14H2,1-2H3/t15-,18-,19-/m0/s1. The minimum atomic E-state index is -4.52. The summed E-state index contributed by atoms with van der Waals surface area (Å²) in [6.45, 7) is 5.59. The summed E-state index contributed by atoms with van der Waals surface area (Å²) in [6.07, 6.45) is 0.724. The summed E-state index contributed by atoms with van der Waals surface area (Å²) in [4.78, 5) is 29.4. The molecule has 2 fully saturated rings. The predicted octanol–water partition coefficient (Wildman–Crippen LogP) is 2.23. The second kappa shape index (κ2) is 10.8. The van der Waals surface area contributed by atoms with Crippen molar-refractivity contribution in [1.82, 2.24) is 14.5 Å². The number of likely N-dealkylation sites (tertiary alicyclic amines) is 1. The molecule has 0 unspecified atom stereocenters. The van der Waals surface area contributed by atoms with Gasteiger partial charge in [-0.2, -0.15) is 0 Å². The van der Waals surface area contributed by atoms with E-state index in [1.807, 2.05) is 13.8 Å². The van der Waals surface area contributed by atoms with Gasteiger partial charge in [-0.05, 0) is 24.5 Å². The Bertz CT molecular complexity index is 987. The molecule has 2 aliphatic heterocycles. The minimum absolute atomic E-state index is 0.0912. The number of hydrogen-bond donors (Lipinski definition) is 1. The fraction of sp³-hybridized carbons (Fsp3) is 0.636. The third-order valence-electron chi connectivity index (χ3n) is 6.29. The van der Waals surface area contributed by atoms with Crippen molar-refractivity contribution >= 4 is 33.4 Å². The fourth-order valence-electron chi connectivity index (χ4n) is 4.24. The molecule has 0 radical (unpaired) electrons. The highest BCUT2D eigenvalue weighted by Gasteiger charge is 2.45. The van der Waals surface area contributed by atoms with Gasteiger partial charge in [0, 0.05) is 30.2 Å². The monoisotopic (exact) mass is 521 g/mol. The van der Waals surface area contributed by atoms with Crippen molar-refractivity contribution < 1.29 is 31.5 Å². The number of carbonyl (C=O) groups is 2. The number of rotatable bonds is 9. The van der Waals surface area contributed by atoms with Crippen molar-refractivity contribution in [3.8, 4) is 0 Å². The first-order chi connectivity index (χ1) is 15.9. The molecule has 3 atom stereocenters. The van der Waals surface area contributed by atoms with Crippen LogP contribution in [0, 0.1) is 5.92 Å². The van der Waals surface area contributed by atoms with E-state index < -0.39 is 45.3 Å². The van der Waals surface area contributed by atoms with Crippen molar-refractivity contribution in [3.05, 3.63) is 34.9 Å². The highest BCUT2D eigenvalue weighted by molar-refractivity contribution is 7.89. The van der Waals surface area contributed by atoms with Gasteiger partial charge in [-0.3, -0.25) is 9.59 Å². The van der Waals surface area contributed by atoms with Gasteiger partial charge in [-0.25, -0.2) is 21.9 Å². The van der Waals surface area contributed by atoms with E-state index in [4.69, 9.17) is 16.3 Å². The Morgan fingerprint density at radius 1 is 1.24 bits per heavy atom. The van der Waals surface area contributed by atoms with Crippen LogP contribution in [0.2, 0.25) is 5.02 Å². The van der Waals surface area contributed by atoms with Crippen molar-refractivity contribution in [2.45, 2.75) is 44.7 Å². The Hall–Kier alpha value is -1.82. The van der Waals surface area contributed by atoms with Crippen molar-refractivity contribution in [3.63, 3.8) is 0 Å². The first-order valence-electron chi connectivity index (χ1n) is 11.3. The fourth-order valence-corrected chi connectivity index (χ4v) is 5.75. The van der Waals surface area contributed by atoms with Gasteiger partial charge in [-0.1, -0.05) is 44.0 Å². The molecular formula is C22H30ClF2N3O5S. The number of ether oxygens (including phenoxy) is 1. The Morgan fingerprint density at radius 3 is 2.44 bits per heavy atom. The normalized spacial score (nSPS) is 21.6. The lowest BCUT2D eigenvalue weighted by Crippen LogP contribution is -2.56. The maximum Gasteiger partial charge on any atom is 0.288 e. The first-order valence-corrected chi connectivity index (χ1v) is 13.3. The van der Waals surface area contributed by atoms with Crippen LogP contribution in [0.4, 0.5) is 8.78 Å².